The maximum Gasteiger partial charge on any atom is 0.511 e. The van der Waals surface area contributed by atoms with Gasteiger partial charge in [-0.3, -0.25) is 4.68 Å². The number of ether oxygens (including phenoxy) is 3. The second kappa shape index (κ2) is 11.1. The van der Waals surface area contributed by atoms with Gasteiger partial charge in [0, 0.05) is 13.5 Å². The maximum atomic E-state index is 11.8. The zero-order chi connectivity index (χ0) is 23.9. The fraction of sp³-hybridized carbons (Fsp3) is 0.458. The quantitative estimate of drug-likeness (QED) is 0.166. The van der Waals surface area contributed by atoms with Crippen LogP contribution in [0, 0.1) is 18.3 Å². The number of carbonyl (C=O) groups is 1. The number of hydrogen-bond donors (Lipinski definition) is 0. The van der Waals surface area contributed by atoms with Crippen molar-refractivity contribution >= 4 is 29.1 Å². The lowest BCUT2D eigenvalue weighted by molar-refractivity contribution is -0.0659. The molecule has 0 spiro atoms. The first-order valence-electron chi connectivity index (χ1n) is 10.5. The number of aromatic nitrogens is 2. The van der Waals surface area contributed by atoms with Crippen molar-refractivity contribution < 1.29 is 19.0 Å². The highest BCUT2D eigenvalue weighted by Crippen LogP contribution is 2.31. The van der Waals surface area contributed by atoms with Crippen molar-refractivity contribution in [3.8, 4) is 6.07 Å². The standard InChI is InChI=1S/C24H30ClN3O4/c1-7-28-21(14-16(2)27-28)22(31-17(3)32-23(29)30-13-12-25)20(15-26)18-8-10-19(11-9-18)24(4,5)6/h8-11,14,17H,7,12-13H2,1-6H3/b22-20-. The van der Waals surface area contributed by atoms with E-state index in [1.54, 1.807) is 11.6 Å². The van der Waals surface area contributed by atoms with E-state index in [2.05, 4.69) is 31.9 Å². The molecule has 1 atom stereocenters. The van der Waals surface area contributed by atoms with Crippen LogP contribution in [0.1, 0.15) is 57.1 Å². The van der Waals surface area contributed by atoms with Crippen molar-refractivity contribution in [3.05, 3.63) is 52.8 Å². The Labute approximate surface area is 194 Å². The minimum absolute atomic E-state index is 0.0158. The predicted molar refractivity (Wildman–Crippen MR) is 124 cm³/mol. The van der Waals surface area contributed by atoms with Crippen LogP contribution >= 0.6 is 11.6 Å². The highest BCUT2D eigenvalue weighted by molar-refractivity contribution is 6.18. The number of carbonyl (C=O) groups excluding carboxylic acids is 1. The van der Waals surface area contributed by atoms with Gasteiger partial charge in [-0.15, -0.1) is 11.6 Å². The van der Waals surface area contributed by atoms with E-state index in [1.807, 2.05) is 44.2 Å². The van der Waals surface area contributed by atoms with Gasteiger partial charge in [0.1, 0.15) is 23.9 Å². The summed E-state index contributed by atoms with van der Waals surface area (Å²) in [5.74, 6) is 0.434. The zero-order valence-electron chi connectivity index (χ0n) is 19.4. The van der Waals surface area contributed by atoms with Gasteiger partial charge >= 0.3 is 6.16 Å². The van der Waals surface area contributed by atoms with Crippen molar-refractivity contribution in [1.29, 1.82) is 5.26 Å². The molecule has 2 rings (SSSR count). The molecule has 1 heterocycles. The Morgan fingerprint density at radius 1 is 1.25 bits per heavy atom. The fourth-order valence-electron chi connectivity index (χ4n) is 3.08. The Kier molecular flexibility index (Phi) is 8.73. The molecular weight excluding hydrogens is 430 g/mol. The van der Waals surface area contributed by atoms with Crippen molar-refractivity contribution in [3.63, 3.8) is 0 Å². The molecule has 7 nitrogen and oxygen atoms in total. The van der Waals surface area contributed by atoms with E-state index in [9.17, 15) is 10.1 Å². The van der Waals surface area contributed by atoms with Gasteiger partial charge in [0.2, 0.25) is 6.29 Å². The summed E-state index contributed by atoms with van der Waals surface area (Å²) in [5, 5.41) is 14.5. The van der Waals surface area contributed by atoms with E-state index >= 15 is 0 Å². The van der Waals surface area contributed by atoms with Crippen LogP contribution in [-0.2, 0) is 26.2 Å². The fourth-order valence-corrected chi connectivity index (χ4v) is 3.16. The second-order valence-corrected chi connectivity index (χ2v) is 8.60. The van der Waals surface area contributed by atoms with Gasteiger partial charge in [0.25, 0.3) is 0 Å². The van der Waals surface area contributed by atoms with Crippen LogP contribution in [0.2, 0.25) is 0 Å². The van der Waals surface area contributed by atoms with Crippen molar-refractivity contribution in [2.24, 2.45) is 0 Å². The largest absolute Gasteiger partial charge is 0.511 e. The van der Waals surface area contributed by atoms with E-state index in [1.165, 1.54) is 0 Å². The number of benzene rings is 1. The zero-order valence-corrected chi connectivity index (χ0v) is 20.2. The highest BCUT2D eigenvalue weighted by atomic mass is 35.5. The van der Waals surface area contributed by atoms with Gasteiger partial charge in [-0.05, 0) is 36.5 Å². The van der Waals surface area contributed by atoms with Crippen molar-refractivity contribution in [2.75, 3.05) is 12.5 Å². The van der Waals surface area contributed by atoms with Gasteiger partial charge in [0.15, 0.2) is 5.76 Å². The van der Waals surface area contributed by atoms with Crippen molar-refractivity contribution in [1.82, 2.24) is 9.78 Å². The molecule has 0 fully saturated rings. The minimum atomic E-state index is -1.01. The van der Waals surface area contributed by atoms with E-state index in [0.717, 1.165) is 11.3 Å². The molecule has 1 unspecified atom stereocenters. The Morgan fingerprint density at radius 2 is 1.91 bits per heavy atom. The molecule has 0 saturated carbocycles. The summed E-state index contributed by atoms with van der Waals surface area (Å²) in [6.45, 7) is 12.3. The molecule has 32 heavy (non-hydrogen) atoms. The summed E-state index contributed by atoms with van der Waals surface area (Å²) in [6.07, 6.45) is -1.91. The Bertz CT molecular complexity index is 998. The molecule has 0 aliphatic rings. The Hall–Kier alpha value is -2.98. The molecule has 0 aliphatic heterocycles. The lowest BCUT2D eigenvalue weighted by atomic mass is 9.86. The van der Waals surface area contributed by atoms with Crippen LogP contribution in [-0.4, -0.2) is 34.7 Å². The highest BCUT2D eigenvalue weighted by Gasteiger charge is 2.23. The predicted octanol–water partition coefficient (Wildman–Crippen LogP) is 5.66. The first-order chi connectivity index (χ1) is 15.1. The Morgan fingerprint density at radius 3 is 2.44 bits per heavy atom. The van der Waals surface area contributed by atoms with E-state index in [-0.39, 0.29) is 23.7 Å². The lowest BCUT2D eigenvalue weighted by Crippen LogP contribution is -2.20. The molecule has 172 valence electrons. The molecule has 0 bridgehead atoms. The molecule has 1 aromatic carbocycles. The average molecular weight is 460 g/mol. The minimum Gasteiger partial charge on any atom is -0.451 e. The molecule has 1 aromatic heterocycles. The monoisotopic (exact) mass is 459 g/mol. The van der Waals surface area contributed by atoms with E-state index in [0.29, 0.717) is 23.4 Å². The second-order valence-electron chi connectivity index (χ2n) is 8.22. The molecule has 8 heteroatoms. The first-order valence-corrected chi connectivity index (χ1v) is 11.0. The molecule has 0 saturated heterocycles. The van der Waals surface area contributed by atoms with Crippen LogP contribution in [0.4, 0.5) is 4.79 Å². The summed E-state index contributed by atoms with van der Waals surface area (Å²) in [4.78, 5) is 11.8. The number of halogens is 1. The molecule has 2 aromatic rings. The van der Waals surface area contributed by atoms with Gasteiger partial charge in [-0.2, -0.15) is 10.4 Å². The SMILES string of the molecule is CCn1nc(C)cc1/C(OC(C)OC(=O)OCCCl)=C(\C#N)c1ccc(C(C)(C)C)cc1. The molecule has 0 N–H and O–H groups in total. The summed E-state index contributed by atoms with van der Waals surface area (Å²) < 4.78 is 17.7. The van der Waals surface area contributed by atoms with Crippen LogP contribution in [0.5, 0.6) is 0 Å². The third-order valence-corrected chi connectivity index (χ3v) is 4.81. The number of alkyl halides is 1. The smallest absolute Gasteiger partial charge is 0.451 e. The molecule has 0 radical (unpaired) electrons. The van der Waals surface area contributed by atoms with Crippen LogP contribution in [0.25, 0.3) is 11.3 Å². The maximum absolute atomic E-state index is 11.8. The average Bonchev–Trinajstić information content (AvgIpc) is 3.12. The summed E-state index contributed by atoms with van der Waals surface area (Å²) in [7, 11) is 0. The van der Waals surface area contributed by atoms with Gasteiger partial charge in [0.05, 0.1) is 11.6 Å². The summed E-state index contributed by atoms with van der Waals surface area (Å²) >= 11 is 5.53. The van der Waals surface area contributed by atoms with E-state index < -0.39 is 12.4 Å². The number of hydrogen-bond acceptors (Lipinski definition) is 6. The van der Waals surface area contributed by atoms with Crippen LogP contribution < -0.4 is 0 Å². The van der Waals surface area contributed by atoms with Gasteiger partial charge in [-0.1, -0.05) is 45.0 Å². The molecule has 0 aliphatic carbocycles. The van der Waals surface area contributed by atoms with Crippen molar-refractivity contribution in [2.45, 2.75) is 59.8 Å². The first kappa shape index (κ1) is 25.3. The number of allylic oxidation sites excluding steroid dienone is 1. The normalized spacial score (nSPS) is 13.1. The van der Waals surface area contributed by atoms with Crippen LogP contribution in [0.3, 0.4) is 0 Å². The lowest BCUT2D eigenvalue weighted by Gasteiger charge is -2.21. The number of nitrogens with zero attached hydrogens (tertiary/aromatic N) is 3. The topological polar surface area (TPSA) is 86.4 Å². The summed E-state index contributed by atoms with van der Waals surface area (Å²) in [5.41, 5.74) is 3.52. The number of rotatable bonds is 8. The number of nitriles is 1. The van der Waals surface area contributed by atoms with Gasteiger partial charge in [-0.25, -0.2) is 4.79 Å². The summed E-state index contributed by atoms with van der Waals surface area (Å²) in [6, 6.07) is 11.9. The molecule has 0 amide bonds. The Balaban J connectivity index is 2.51. The van der Waals surface area contributed by atoms with Crippen LogP contribution in [0.15, 0.2) is 30.3 Å². The number of aryl methyl sites for hydroxylation is 2. The third kappa shape index (κ3) is 6.51. The van der Waals surface area contributed by atoms with E-state index in [4.69, 9.17) is 25.8 Å². The molecular formula is C24H30ClN3O4. The van der Waals surface area contributed by atoms with Gasteiger partial charge < -0.3 is 14.2 Å². The third-order valence-electron chi connectivity index (χ3n) is 4.66.